The van der Waals surface area contributed by atoms with Crippen molar-refractivity contribution in [2.24, 2.45) is 0 Å². The molecule has 1 N–H and O–H groups in total. The van der Waals surface area contributed by atoms with Crippen molar-refractivity contribution in [3.63, 3.8) is 0 Å². The summed E-state index contributed by atoms with van der Waals surface area (Å²) in [5.41, 5.74) is 0.185. The molecule has 0 spiro atoms. The first-order valence-corrected chi connectivity index (χ1v) is 4.81. The van der Waals surface area contributed by atoms with Crippen LogP contribution in [0.4, 0.5) is 0 Å². The Morgan fingerprint density at radius 3 is 2.69 bits per heavy atom. The van der Waals surface area contributed by atoms with Crippen LogP contribution in [0.5, 0.6) is 0 Å². The molecule has 0 atom stereocenters. The van der Waals surface area contributed by atoms with Crippen LogP contribution >= 0.6 is 23.2 Å². The first-order valence-electron chi connectivity index (χ1n) is 4.06. The molecule has 82 valence electrons. The summed E-state index contributed by atoms with van der Waals surface area (Å²) in [5.74, 6) is -1.20. The zero-order valence-corrected chi connectivity index (χ0v) is 9.14. The van der Waals surface area contributed by atoms with Gasteiger partial charge >= 0.3 is 5.97 Å². The number of tetrazole rings is 1. The van der Waals surface area contributed by atoms with Crippen molar-refractivity contribution in [3.05, 3.63) is 34.1 Å². The lowest BCUT2D eigenvalue weighted by Gasteiger charge is -2.06. The minimum absolute atomic E-state index is 0.00713. The molecule has 0 amide bonds. The average molecular weight is 259 g/mol. The summed E-state index contributed by atoms with van der Waals surface area (Å²) in [6.45, 7) is 0. The number of benzene rings is 1. The van der Waals surface area contributed by atoms with E-state index in [2.05, 4.69) is 15.5 Å². The maximum Gasteiger partial charge on any atom is 0.338 e. The van der Waals surface area contributed by atoms with E-state index in [1.54, 1.807) is 0 Å². The van der Waals surface area contributed by atoms with Crippen molar-refractivity contribution >= 4 is 29.2 Å². The Morgan fingerprint density at radius 1 is 1.38 bits per heavy atom. The van der Waals surface area contributed by atoms with Gasteiger partial charge in [-0.1, -0.05) is 23.2 Å². The minimum atomic E-state index is -1.20. The molecule has 0 bridgehead atoms. The summed E-state index contributed by atoms with van der Waals surface area (Å²) in [7, 11) is 0. The Kier molecular flexibility index (Phi) is 2.76. The minimum Gasteiger partial charge on any atom is -0.478 e. The lowest BCUT2D eigenvalue weighted by molar-refractivity contribution is 0.0697. The Labute approximate surface area is 99.4 Å². The molecule has 1 aromatic carbocycles. The van der Waals surface area contributed by atoms with Crippen molar-refractivity contribution in [1.29, 1.82) is 0 Å². The smallest absolute Gasteiger partial charge is 0.338 e. The highest BCUT2D eigenvalue weighted by molar-refractivity contribution is 6.40. The molecule has 0 radical (unpaired) electrons. The second kappa shape index (κ2) is 4.07. The Bertz CT molecular complexity index is 541. The van der Waals surface area contributed by atoms with Gasteiger partial charge in [-0.2, -0.15) is 4.68 Å². The second-order valence-electron chi connectivity index (χ2n) is 2.82. The standard InChI is InChI=1S/C8H4Cl2N4O2/c9-4-1-2-5(14-3-11-12-13-14)7(10)6(4)8(15)16/h1-3H,(H,15,16). The third kappa shape index (κ3) is 1.72. The fourth-order valence-corrected chi connectivity index (χ4v) is 1.81. The maximum atomic E-state index is 10.9. The number of carbonyl (C=O) groups is 1. The van der Waals surface area contributed by atoms with E-state index < -0.39 is 5.97 Å². The number of halogens is 2. The summed E-state index contributed by atoms with van der Waals surface area (Å²) >= 11 is 11.7. The molecule has 16 heavy (non-hydrogen) atoms. The zero-order valence-electron chi connectivity index (χ0n) is 7.63. The normalized spacial score (nSPS) is 10.4. The molecule has 0 saturated carbocycles. The van der Waals surface area contributed by atoms with E-state index in [-0.39, 0.29) is 15.6 Å². The molecule has 6 nitrogen and oxygen atoms in total. The molecule has 0 aliphatic carbocycles. The Balaban J connectivity index is 2.66. The number of aromatic nitrogens is 4. The van der Waals surface area contributed by atoms with E-state index in [0.717, 1.165) is 0 Å². The molecule has 0 aliphatic rings. The van der Waals surface area contributed by atoms with Gasteiger partial charge in [-0.3, -0.25) is 0 Å². The number of nitrogens with zero attached hydrogens (tertiary/aromatic N) is 4. The molecule has 0 aliphatic heterocycles. The van der Waals surface area contributed by atoms with Crippen molar-refractivity contribution < 1.29 is 9.90 Å². The molecule has 1 aromatic heterocycles. The SMILES string of the molecule is O=C(O)c1c(Cl)ccc(-n2cnnn2)c1Cl. The van der Waals surface area contributed by atoms with Crippen LogP contribution in [0.3, 0.4) is 0 Å². The van der Waals surface area contributed by atoms with Gasteiger partial charge in [-0.25, -0.2) is 4.79 Å². The van der Waals surface area contributed by atoms with E-state index in [4.69, 9.17) is 28.3 Å². The topological polar surface area (TPSA) is 80.9 Å². The van der Waals surface area contributed by atoms with E-state index in [9.17, 15) is 4.79 Å². The molecule has 8 heteroatoms. The number of rotatable bonds is 2. The Hall–Kier alpha value is -1.66. The van der Waals surface area contributed by atoms with Gasteiger partial charge in [-0.05, 0) is 22.6 Å². The largest absolute Gasteiger partial charge is 0.478 e. The van der Waals surface area contributed by atoms with Crippen LogP contribution in [0.25, 0.3) is 5.69 Å². The first kappa shape index (κ1) is 10.8. The number of hydrogen-bond acceptors (Lipinski definition) is 4. The average Bonchev–Trinajstić information content (AvgIpc) is 2.70. The van der Waals surface area contributed by atoms with Gasteiger partial charge in [0.05, 0.1) is 21.3 Å². The van der Waals surface area contributed by atoms with Crippen molar-refractivity contribution in [2.45, 2.75) is 0 Å². The quantitative estimate of drug-likeness (QED) is 0.887. The fourth-order valence-electron chi connectivity index (χ4n) is 1.19. The molecule has 0 saturated heterocycles. The van der Waals surface area contributed by atoms with E-state index >= 15 is 0 Å². The number of aromatic carboxylic acids is 1. The summed E-state index contributed by atoms with van der Waals surface area (Å²) in [6.07, 6.45) is 1.31. The van der Waals surface area contributed by atoms with Crippen LogP contribution < -0.4 is 0 Å². The number of hydrogen-bond donors (Lipinski definition) is 1. The van der Waals surface area contributed by atoms with Gasteiger partial charge in [0.25, 0.3) is 0 Å². The first-order chi connectivity index (χ1) is 7.61. The molecular formula is C8H4Cl2N4O2. The third-order valence-electron chi connectivity index (χ3n) is 1.88. The zero-order chi connectivity index (χ0) is 11.7. The summed E-state index contributed by atoms with van der Waals surface area (Å²) in [6, 6.07) is 2.96. The van der Waals surface area contributed by atoms with Gasteiger partial charge in [0.2, 0.25) is 0 Å². The van der Waals surface area contributed by atoms with Gasteiger partial charge in [0, 0.05) is 0 Å². The van der Waals surface area contributed by atoms with Crippen LogP contribution in [-0.2, 0) is 0 Å². The second-order valence-corrected chi connectivity index (χ2v) is 3.60. The lowest BCUT2D eigenvalue weighted by atomic mass is 10.2. The maximum absolute atomic E-state index is 10.9. The van der Waals surface area contributed by atoms with Gasteiger partial charge in [0.15, 0.2) is 0 Å². The van der Waals surface area contributed by atoms with E-state index in [1.165, 1.54) is 23.1 Å². The van der Waals surface area contributed by atoms with Gasteiger partial charge < -0.3 is 5.11 Å². The van der Waals surface area contributed by atoms with Gasteiger partial charge in [-0.15, -0.1) is 5.10 Å². The third-order valence-corrected chi connectivity index (χ3v) is 2.58. The van der Waals surface area contributed by atoms with Crippen LogP contribution in [0, 0.1) is 0 Å². The molecule has 2 aromatic rings. The summed E-state index contributed by atoms with van der Waals surface area (Å²) < 4.78 is 1.26. The molecule has 0 unspecified atom stereocenters. The summed E-state index contributed by atoms with van der Waals surface area (Å²) in [4.78, 5) is 10.9. The summed E-state index contributed by atoms with van der Waals surface area (Å²) in [5, 5.41) is 19.5. The van der Waals surface area contributed by atoms with Crippen LogP contribution in [-0.4, -0.2) is 31.3 Å². The fraction of sp³-hybridized carbons (Fsp3) is 0. The monoisotopic (exact) mass is 258 g/mol. The van der Waals surface area contributed by atoms with Crippen LogP contribution in [0.15, 0.2) is 18.5 Å². The van der Waals surface area contributed by atoms with E-state index in [0.29, 0.717) is 5.69 Å². The highest BCUT2D eigenvalue weighted by Gasteiger charge is 2.18. The predicted octanol–water partition coefficient (Wildman–Crippen LogP) is 1.67. The molecule has 0 fully saturated rings. The highest BCUT2D eigenvalue weighted by atomic mass is 35.5. The number of carboxylic acid groups (broad SMARTS) is 1. The van der Waals surface area contributed by atoms with E-state index in [1.807, 2.05) is 0 Å². The molecular weight excluding hydrogens is 255 g/mol. The van der Waals surface area contributed by atoms with Crippen molar-refractivity contribution in [2.75, 3.05) is 0 Å². The lowest BCUT2D eigenvalue weighted by Crippen LogP contribution is -2.04. The van der Waals surface area contributed by atoms with Crippen molar-refractivity contribution in [3.8, 4) is 5.69 Å². The predicted molar refractivity (Wildman–Crippen MR) is 56.1 cm³/mol. The Morgan fingerprint density at radius 2 is 2.12 bits per heavy atom. The molecule has 2 rings (SSSR count). The van der Waals surface area contributed by atoms with Crippen LogP contribution in [0.1, 0.15) is 10.4 Å². The highest BCUT2D eigenvalue weighted by Crippen LogP contribution is 2.29. The van der Waals surface area contributed by atoms with Gasteiger partial charge in [0.1, 0.15) is 6.33 Å². The van der Waals surface area contributed by atoms with Crippen LogP contribution in [0.2, 0.25) is 10.0 Å². The van der Waals surface area contributed by atoms with Crippen molar-refractivity contribution in [1.82, 2.24) is 20.2 Å². The molecule has 1 heterocycles. The number of carboxylic acids is 1.